The Morgan fingerprint density at radius 1 is 1.22 bits per heavy atom. The first-order chi connectivity index (χ1) is 8.56. The van der Waals surface area contributed by atoms with E-state index in [1.54, 1.807) is 24.3 Å². The van der Waals surface area contributed by atoms with Gasteiger partial charge < -0.3 is 11.1 Å². The summed E-state index contributed by atoms with van der Waals surface area (Å²) in [5.41, 5.74) is 6.36. The van der Waals surface area contributed by atoms with Crippen LogP contribution in [-0.2, 0) is 0 Å². The lowest BCUT2D eigenvalue weighted by Gasteiger charge is -2.06. The maximum Gasteiger partial charge on any atom is 0.258 e. The summed E-state index contributed by atoms with van der Waals surface area (Å²) < 4.78 is 0. The molecule has 1 aromatic carbocycles. The Bertz CT molecular complexity index is 584. The van der Waals surface area contributed by atoms with Gasteiger partial charge in [-0.1, -0.05) is 23.2 Å². The molecule has 0 bridgehead atoms. The number of aromatic nitrogens is 1. The summed E-state index contributed by atoms with van der Waals surface area (Å²) >= 11 is 11.7. The summed E-state index contributed by atoms with van der Waals surface area (Å²) in [5, 5.41) is 3.37. The number of nitrogens with zero attached hydrogens (tertiary/aromatic N) is 1. The van der Waals surface area contributed by atoms with Gasteiger partial charge in [0.05, 0.1) is 22.5 Å². The third kappa shape index (κ3) is 2.91. The van der Waals surface area contributed by atoms with Crippen molar-refractivity contribution in [3.8, 4) is 0 Å². The average Bonchev–Trinajstić information content (AvgIpc) is 2.32. The highest BCUT2D eigenvalue weighted by Gasteiger charge is 2.11. The predicted octanol–water partition coefficient (Wildman–Crippen LogP) is 3.22. The van der Waals surface area contributed by atoms with Crippen molar-refractivity contribution in [2.45, 2.75) is 0 Å². The fourth-order valence-electron chi connectivity index (χ4n) is 1.34. The molecule has 3 N–H and O–H groups in total. The molecule has 0 atom stereocenters. The van der Waals surface area contributed by atoms with Crippen LogP contribution in [0.5, 0.6) is 0 Å². The average molecular weight is 282 g/mol. The molecule has 2 aromatic rings. The standard InChI is InChI=1S/C12H9Cl2N3O/c13-7-1-3-9(10(14)5-7)12(18)17-11-4-2-8(15)6-16-11/h1-6H,15H2,(H,16,17,18). The van der Waals surface area contributed by atoms with Gasteiger partial charge in [0, 0.05) is 5.02 Å². The summed E-state index contributed by atoms with van der Waals surface area (Å²) in [7, 11) is 0. The minimum Gasteiger partial charge on any atom is -0.397 e. The van der Waals surface area contributed by atoms with Crippen molar-refractivity contribution in [1.29, 1.82) is 0 Å². The number of hydrogen-bond donors (Lipinski definition) is 2. The maximum absolute atomic E-state index is 11.9. The molecular formula is C12H9Cl2N3O. The Labute approximate surface area is 114 Å². The van der Waals surface area contributed by atoms with E-state index in [0.717, 1.165) is 0 Å². The Hall–Kier alpha value is -1.78. The Kier molecular flexibility index (Phi) is 3.69. The smallest absolute Gasteiger partial charge is 0.258 e. The molecule has 0 unspecified atom stereocenters. The van der Waals surface area contributed by atoms with Crippen LogP contribution >= 0.6 is 23.2 Å². The quantitative estimate of drug-likeness (QED) is 0.888. The fourth-order valence-corrected chi connectivity index (χ4v) is 1.83. The minimum atomic E-state index is -0.353. The molecule has 0 saturated carbocycles. The summed E-state index contributed by atoms with van der Waals surface area (Å²) in [6.07, 6.45) is 1.46. The van der Waals surface area contributed by atoms with Crippen molar-refractivity contribution in [1.82, 2.24) is 4.98 Å². The number of nitrogens with two attached hydrogens (primary N) is 1. The number of benzene rings is 1. The van der Waals surface area contributed by atoms with E-state index in [-0.39, 0.29) is 10.9 Å². The van der Waals surface area contributed by atoms with Gasteiger partial charge in [-0.25, -0.2) is 4.98 Å². The lowest BCUT2D eigenvalue weighted by molar-refractivity contribution is 0.102. The zero-order valence-electron chi connectivity index (χ0n) is 9.15. The molecule has 0 radical (unpaired) electrons. The molecule has 0 aliphatic heterocycles. The van der Waals surface area contributed by atoms with Crippen LogP contribution in [0.3, 0.4) is 0 Å². The highest BCUT2D eigenvalue weighted by Crippen LogP contribution is 2.21. The second-order valence-corrected chi connectivity index (χ2v) is 4.40. The summed E-state index contributed by atoms with van der Waals surface area (Å²) in [6, 6.07) is 7.91. The molecule has 2 rings (SSSR count). The van der Waals surface area contributed by atoms with E-state index in [9.17, 15) is 4.79 Å². The molecule has 0 aliphatic rings. The maximum atomic E-state index is 11.9. The van der Waals surface area contributed by atoms with E-state index in [4.69, 9.17) is 28.9 Å². The summed E-state index contributed by atoms with van der Waals surface area (Å²) in [5.74, 6) is 0.0501. The number of halogens is 2. The van der Waals surface area contributed by atoms with Gasteiger partial charge in [-0.15, -0.1) is 0 Å². The van der Waals surface area contributed by atoms with Gasteiger partial charge in [-0.3, -0.25) is 4.79 Å². The molecular weight excluding hydrogens is 273 g/mol. The molecule has 4 nitrogen and oxygen atoms in total. The Morgan fingerprint density at radius 2 is 2.00 bits per heavy atom. The van der Waals surface area contributed by atoms with Crippen LogP contribution < -0.4 is 11.1 Å². The number of nitrogens with one attached hydrogen (secondary N) is 1. The molecule has 92 valence electrons. The van der Waals surface area contributed by atoms with Crippen molar-refractivity contribution >= 4 is 40.6 Å². The molecule has 6 heteroatoms. The van der Waals surface area contributed by atoms with Crippen LogP contribution in [0.1, 0.15) is 10.4 Å². The second kappa shape index (κ2) is 5.25. The van der Waals surface area contributed by atoms with Gasteiger partial charge >= 0.3 is 0 Å². The topological polar surface area (TPSA) is 68.0 Å². The summed E-state index contributed by atoms with van der Waals surface area (Å²) in [4.78, 5) is 15.9. The van der Waals surface area contributed by atoms with Gasteiger partial charge in [0.15, 0.2) is 0 Å². The molecule has 18 heavy (non-hydrogen) atoms. The lowest BCUT2D eigenvalue weighted by Crippen LogP contribution is -2.13. The van der Waals surface area contributed by atoms with Crippen LogP contribution in [0.4, 0.5) is 11.5 Å². The van der Waals surface area contributed by atoms with Crippen molar-refractivity contribution in [2.75, 3.05) is 11.1 Å². The largest absolute Gasteiger partial charge is 0.397 e. The monoisotopic (exact) mass is 281 g/mol. The van der Waals surface area contributed by atoms with Crippen molar-refractivity contribution in [2.24, 2.45) is 0 Å². The van der Waals surface area contributed by atoms with Crippen LogP contribution in [0.15, 0.2) is 36.5 Å². The van der Waals surface area contributed by atoms with Gasteiger partial charge in [0.1, 0.15) is 5.82 Å². The fraction of sp³-hybridized carbons (Fsp3) is 0. The minimum absolute atomic E-state index is 0.287. The van der Waals surface area contributed by atoms with E-state index in [1.807, 2.05) is 0 Å². The first-order valence-electron chi connectivity index (χ1n) is 5.04. The Morgan fingerprint density at radius 3 is 2.61 bits per heavy atom. The molecule has 0 aliphatic carbocycles. The van der Waals surface area contributed by atoms with Crippen molar-refractivity contribution in [3.63, 3.8) is 0 Å². The molecule has 0 saturated heterocycles. The number of hydrogen-bond acceptors (Lipinski definition) is 3. The van der Waals surface area contributed by atoms with E-state index >= 15 is 0 Å². The molecule has 0 fully saturated rings. The van der Waals surface area contributed by atoms with Crippen LogP contribution in [0.25, 0.3) is 0 Å². The lowest BCUT2D eigenvalue weighted by atomic mass is 10.2. The number of carbonyl (C=O) groups is 1. The van der Waals surface area contributed by atoms with Crippen LogP contribution in [-0.4, -0.2) is 10.9 Å². The first-order valence-corrected chi connectivity index (χ1v) is 5.80. The second-order valence-electron chi connectivity index (χ2n) is 3.56. The third-order valence-electron chi connectivity index (χ3n) is 2.20. The van der Waals surface area contributed by atoms with E-state index < -0.39 is 0 Å². The van der Waals surface area contributed by atoms with E-state index in [2.05, 4.69) is 10.3 Å². The molecule has 1 heterocycles. The normalized spacial score (nSPS) is 10.1. The zero-order valence-corrected chi connectivity index (χ0v) is 10.7. The number of carbonyl (C=O) groups excluding carboxylic acids is 1. The Balaban J connectivity index is 2.19. The third-order valence-corrected chi connectivity index (χ3v) is 2.75. The van der Waals surface area contributed by atoms with Crippen molar-refractivity contribution in [3.05, 3.63) is 52.1 Å². The predicted molar refractivity (Wildman–Crippen MR) is 73.1 cm³/mol. The van der Waals surface area contributed by atoms with Gasteiger partial charge in [0.25, 0.3) is 5.91 Å². The molecule has 1 amide bonds. The number of rotatable bonds is 2. The number of amides is 1. The van der Waals surface area contributed by atoms with Crippen LogP contribution in [0.2, 0.25) is 10.0 Å². The van der Waals surface area contributed by atoms with Crippen LogP contribution in [0, 0.1) is 0 Å². The highest BCUT2D eigenvalue weighted by atomic mass is 35.5. The number of pyridine rings is 1. The van der Waals surface area contributed by atoms with Gasteiger partial charge in [-0.05, 0) is 30.3 Å². The SMILES string of the molecule is Nc1ccc(NC(=O)c2ccc(Cl)cc2Cl)nc1. The van der Waals surface area contributed by atoms with Gasteiger partial charge in [-0.2, -0.15) is 0 Å². The molecule has 0 spiro atoms. The highest BCUT2D eigenvalue weighted by molar-refractivity contribution is 6.37. The van der Waals surface area contributed by atoms with E-state index in [1.165, 1.54) is 12.3 Å². The number of nitrogen functional groups attached to an aromatic ring is 1. The summed E-state index contributed by atoms with van der Waals surface area (Å²) in [6.45, 7) is 0. The first kappa shape index (κ1) is 12.7. The molecule has 1 aromatic heterocycles. The van der Waals surface area contributed by atoms with E-state index in [0.29, 0.717) is 22.1 Å². The van der Waals surface area contributed by atoms with Gasteiger partial charge in [0.2, 0.25) is 0 Å². The zero-order chi connectivity index (χ0) is 13.1. The van der Waals surface area contributed by atoms with Crippen molar-refractivity contribution < 1.29 is 4.79 Å². The number of anilines is 2.